The summed E-state index contributed by atoms with van der Waals surface area (Å²) in [5.41, 5.74) is 0.934. The van der Waals surface area contributed by atoms with E-state index in [-0.39, 0.29) is 23.7 Å². The summed E-state index contributed by atoms with van der Waals surface area (Å²) in [4.78, 5) is 13.6. The van der Waals surface area contributed by atoms with E-state index >= 15 is 0 Å². The summed E-state index contributed by atoms with van der Waals surface area (Å²) in [6.45, 7) is 4.56. The highest BCUT2D eigenvalue weighted by atomic mass is 19.1. The SMILES string of the molecule is COCCN1C[C@@H](NC(C)=O)[C@H](c2cccc(F)c2)C1. The predicted molar refractivity (Wildman–Crippen MR) is 75.1 cm³/mol. The lowest BCUT2D eigenvalue weighted by molar-refractivity contribution is -0.119. The standard InChI is InChI=1S/C15H21FN2O2/c1-11(19)17-15-10-18(6-7-20-2)9-14(15)12-4-3-5-13(16)8-12/h3-5,8,14-15H,6-7,9-10H2,1-2H3,(H,17,19)/t14-,15+/m0/s1. The largest absolute Gasteiger partial charge is 0.383 e. The van der Waals surface area contributed by atoms with E-state index < -0.39 is 0 Å². The summed E-state index contributed by atoms with van der Waals surface area (Å²) < 4.78 is 18.5. The maximum atomic E-state index is 13.4. The van der Waals surface area contributed by atoms with Crippen LogP contribution in [0.25, 0.3) is 0 Å². The Labute approximate surface area is 118 Å². The van der Waals surface area contributed by atoms with E-state index in [4.69, 9.17) is 4.74 Å². The van der Waals surface area contributed by atoms with Gasteiger partial charge in [0.2, 0.25) is 5.91 Å². The van der Waals surface area contributed by atoms with Crippen molar-refractivity contribution in [2.75, 3.05) is 33.4 Å². The lowest BCUT2D eigenvalue weighted by Crippen LogP contribution is -2.38. The lowest BCUT2D eigenvalue weighted by Gasteiger charge is -2.19. The maximum Gasteiger partial charge on any atom is 0.217 e. The molecule has 1 aromatic carbocycles. The van der Waals surface area contributed by atoms with Gasteiger partial charge in [-0.2, -0.15) is 0 Å². The summed E-state index contributed by atoms with van der Waals surface area (Å²) >= 11 is 0. The summed E-state index contributed by atoms with van der Waals surface area (Å²) in [6, 6.07) is 6.65. The van der Waals surface area contributed by atoms with Crippen molar-refractivity contribution in [3.63, 3.8) is 0 Å². The van der Waals surface area contributed by atoms with E-state index in [2.05, 4.69) is 10.2 Å². The van der Waals surface area contributed by atoms with Crippen LogP contribution < -0.4 is 5.32 Å². The Morgan fingerprint density at radius 1 is 1.50 bits per heavy atom. The molecule has 1 aromatic rings. The highest BCUT2D eigenvalue weighted by Gasteiger charge is 2.34. The number of ether oxygens (including phenoxy) is 1. The normalized spacial score (nSPS) is 22.9. The number of hydrogen-bond acceptors (Lipinski definition) is 3. The molecule has 2 rings (SSSR count). The van der Waals surface area contributed by atoms with Gasteiger partial charge in [-0.3, -0.25) is 9.69 Å². The topological polar surface area (TPSA) is 41.6 Å². The molecule has 0 bridgehead atoms. The van der Waals surface area contributed by atoms with Crippen LogP contribution in [0.2, 0.25) is 0 Å². The van der Waals surface area contributed by atoms with Crippen LogP contribution >= 0.6 is 0 Å². The highest BCUT2D eigenvalue weighted by Crippen LogP contribution is 2.28. The van der Waals surface area contributed by atoms with Gasteiger partial charge in [-0.05, 0) is 17.7 Å². The first-order valence-corrected chi connectivity index (χ1v) is 6.84. The van der Waals surface area contributed by atoms with E-state index in [0.717, 1.165) is 25.2 Å². The Hall–Kier alpha value is -1.46. The number of likely N-dealkylation sites (tertiary alicyclic amines) is 1. The maximum absolute atomic E-state index is 13.4. The molecule has 1 N–H and O–H groups in total. The van der Waals surface area contributed by atoms with Gasteiger partial charge in [-0.1, -0.05) is 12.1 Å². The van der Waals surface area contributed by atoms with Gasteiger partial charge < -0.3 is 10.1 Å². The minimum absolute atomic E-state index is 0.0196. The van der Waals surface area contributed by atoms with Gasteiger partial charge >= 0.3 is 0 Å². The highest BCUT2D eigenvalue weighted by molar-refractivity contribution is 5.73. The first kappa shape index (κ1) is 14.9. The van der Waals surface area contributed by atoms with Gasteiger partial charge in [-0.15, -0.1) is 0 Å². The fourth-order valence-electron chi connectivity index (χ4n) is 2.77. The van der Waals surface area contributed by atoms with Gasteiger partial charge in [-0.25, -0.2) is 4.39 Å². The molecule has 1 amide bonds. The van der Waals surface area contributed by atoms with Crippen molar-refractivity contribution in [3.8, 4) is 0 Å². The molecule has 1 heterocycles. The number of amides is 1. The molecule has 0 radical (unpaired) electrons. The molecule has 0 aliphatic carbocycles. The molecule has 5 heteroatoms. The monoisotopic (exact) mass is 280 g/mol. The number of hydrogen-bond donors (Lipinski definition) is 1. The quantitative estimate of drug-likeness (QED) is 0.886. The zero-order valence-corrected chi connectivity index (χ0v) is 11.9. The number of methoxy groups -OCH3 is 1. The summed E-state index contributed by atoms with van der Waals surface area (Å²) in [5.74, 6) is -0.170. The molecular weight excluding hydrogens is 259 g/mol. The van der Waals surface area contributed by atoms with Crippen molar-refractivity contribution < 1.29 is 13.9 Å². The van der Waals surface area contributed by atoms with Crippen LogP contribution in [-0.2, 0) is 9.53 Å². The van der Waals surface area contributed by atoms with Gasteiger partial charge in [0, 0.05) is 45.6 Å². The van der Waals surface area contributed by atoms with E-state index in [1.807, 2.05) is 6.07 Å². The molecule has 0 spiro atoms. The second-order valence-electron chi connectivity index (χ2n) is 5.22. The van der Waals surface area contributed by atoms with Crippen molar-refractivity contribution in [1.82, 2.24) is 10.2 Å². The van der Waals surface area contributed by atoms with Crippen LogP contribution in [0.15, 0.2) is 24.3 Å². The molecular formula is C15H21FN2O2. The molecule has 0 unspecified atom stereocenters. The molecule has 1 saturated heterocycles. The average molecular weight is 280 g/mol. The summed E-state index contributed by atoms with van der Waals surface area (Å²) in [7, 11) is 1.67. The molecule has 0 saturated carbocycles. The zero-order chi connectivity index (χ0) is 14.5. The summed E-state index contributed by atoms with van der Waals surface area (Å²) in [6.07, 6.45) is 0. The van der Waals surface area contributed by atoms with Crippen molar-refractivity contribution in [2.24, 2.45) is 0 Å². The molecule has 1 aliphatic heterocycles. The van der Waals surface area contributed by atoms with Crippen molar-refractivity contribution in [3.05, 3.63) is 35.6 Å². The van der Waals surface area contributed by atoms with Crippen LogP contribution in [-0.4, -0.2) is 50.2 Å². The fourth-order valence-corrected chi connectivity index (χ4v) is 2.77. The fraction of sp³-hybridized carbons (Fsp3) is 0.533. The Morgan fingerprint density at radius 3 is 2.95 bits per heavy atom. The van der Waals surface area contributed by atoms with E-state index in [0.29, 0.717) is 6.61 Å². The molecule has 20 heavy (non-hydrogen) atoms. The molecule has 1 fully saturated rings. The third-order valence-corrected chi connectivity index (χ3v) is 3.67. The average Bonchev–Trinajstić information content (AvgIpc) is 2.78. The van der Waals surface area contributed by atoms with Crippen molar-refractivity contribution in [2.45, 2.75) is 18.9 Å². The molecule has 4 nitrogen and oxygen atoms in total. The number of nitrogens with zero attached hydrogens (tertiary/aromatic N) is 1. The molecule has 1 aliphatic rings. The van der Waals surface area contributed by atoms with E-state index in [1.165, 1.54) is 13.0 Å². The second-order valence-corrected chi connectivity index (χ2v) is 5.22. The minimum atomic E-state index is -0.237. The van der Waals surface area contributed by atoms with Crippen LogP contribution in [0.3, 0.4) is 0 Å². The van der Waals surface area contributed by atoms with Crippen molar-refractivity contribution in [1.29, 1.82) is 0 Å². The van der Waals surface area contributed by atoms with Gasteiger partial charge in [0.15, 0.2) is 0 Å². The number of benzene rings is 1. The number of nitrogens with one attached hydrogen (secondary N) is 1. The lowest BCUT2D eigenvalue weighted by atomic mass is 9.94. The summed E-state index contributed by atoms with van der Waals surface area (Å²) in [5, 5.41) is 2.97. The Kier molecular flexibility index (Phi) is 5.09. The first-order chi connectivity index (χ1) is 9.60. The van der Waals surface area contributed by atoms with Crippen LogP contribution in [0.5, 0.6) is 0 Å². The van der Waals surface area contributed by atoms with Gasteiger partial charge in [0.05, 0.1) is 6.61 Å². The van der Waals surface area contributed by atoms with Crippen LogP contribution in [0, 0.1) is 5.82 Å². The minimum Gasteiger partial charge on any atom is -0.383 e. The molecule has 2 atom stereocenters. The Morgan fingerprint density at radius 2 is 2.30 bits per heavy atom. The van der Waals surface area contributed by atoms with Crippen molar-refractivity contribution >= 4 is 5.91 Å². The van der Waals surface area contributed by atoms with Crippen LogP contribution in [0.1, 0.15) is 18.4 Å². The number of rotatable bonds is 5. The van der Waals surface area contributed by atoms with E-state index in [9.17, 15) is 9.18 Å². The van der Waals surface area contributed by atoms with Crippen LogP contribution in [0.4, 0.5) is 4.39 Å². The molecule has 0 aromatic heterocycles. The third-order valence-electron chi connectivity index (χ3n) is 3.67. The van der Waals surface area contributed by atoms with Gasteiger partial charge in [0.25, 0.3) is 0 Å². The Bertz CT molecular complexity index is 467. The number of halogens is 1. The third kappa shape index (κ3) is 3.77. The first-order valence-electron chi connectivity index (χ1n) is 6.84. The van der Waals surface area contributed by atoms with Gasteiger partial charge in [0.1, 0.15) is 5.82 Å². The Balaban J connectivity index is 2.12. The predicted octanol–water partition coefficient (Wildman–Crippen LogP) is 1.38. The number of carbonyl (C=O) groups excluding carboxylic acids is 1. The molecule has 110 valence electrons. The zero-order valence-electron chi connectivity index (χ0n) is 11.9. The van der Waals surface area contributed by atoms with E-state index in [1.54, 1.807) is 19.2 Å². The second kappa shape index (κ2) is 6.81. The number of carbonyl (C=O) groups is 1. The smallest absolute Gasteiger partial charge is 0.217 e.